The Balaban J connectivity index is 1.76. The third kappa shape index (κ3) is 5.29. The van der Waals surface area contributed by atoms with Crippen molar-refractivity contribution in [3.8, 4) is 11.8 Å². The van der Waals surface area contributed by atoms with Crippen LogP contribution < -0.4 is 10.1 Å². The maximum Gasteiger partial charge on any atom is 0.260 e. The van der Waals surface area contributed by atoms with Gasteiger partial charge in [0.05, 0.1) is 11.1 Å². The molecule has 0 aliphatic carbocycles. The van der Waals surface area contributed by atoms with Gasteiger partial charge in [0.15, 0.2) is 6.61 Å². The molecule has 6 nitrogen and oxygen atoms in total. The lowest BCUT2D eigenvalue weighted by atomic mass is 10.0. The molecule has 0 saturated carbocycles. The minimum Gasteiger partial charge on any atom is -0.482 e. The molecule has 1 fully saturated rings. The van der Waals surface area contributed by atoms with Crippen LogP contribution in [-0.4, -0.2) is 42.5 Å². The molecule has 2 rings (SSSR count). The average molecular weight is 370 g/mol. The first-order valence-corrected chi connectivity index (χ1v) is 8.27. The molecule has 1 heterocycles. The summed E-state index contributed by atoms with van der Waals surface area (Å²) in [6.07, 6.45) is 1.17. The van der Waals surface area contributed by atoms with Gasteiger partial charge < -0.3 is 15.0 Å². The fourth-order valence-corrected chi connectivity index (χ4v) is 2.91. The number of likely N-dealkylation sites (tertiary alicyclic amines) is 1. The minimum absolute atomic E-state index is 0.00141. The number of carbonyl (C=O) groups is 2. The number of nitrogens with one attached hydrogen (secondary N) is 1. The summed E-state index contributed by atoms with van der Waals surface area (Å²) >= 11 is 11.8. The second kappa shape index (κ2) is 8.76. The van der Waals surface area contributed by atoms with E-state index >= 15 is 0 Å². The summed E-state index contributed by atoms with van der Waals surface area (Å²) in [4.78, 5) is 25.3. The summed E-state index contributed by atoms with van der Waals surface area (Å²) < 4.78 is 5.44. The van der Waals surface area contributed by atoms with Crippen molar-refractivity contribution < 1.29 is 14.3 Å². The zero-order valence-corrected chi connectivity index (χ0v) is 14.4. The zero-order valence-electron chi connectivity index (χ0n) is 12.9. The number of carbonyl (C=O) groups excluding carboxylic acids is 2. The highest BCUT2D eigenvalue weighted by atomic mass is 35.5. The number of ether oxygens (including phenoxy) is 1. The van der Waals surface area contributed by atoms with E-state index in [9.17, 15) is 9.59 Å². The third-order valence-corrected chi connectivity index (χ3v) is 4.23. The molecule has 0 unspecified atom stereocenters. The number of piperidine rings is 1. The predicted octanol–water partition coefficient (Wildman–Crippen LogP) is 2.39. The van der Waals surface area contributed by atoms with Crippen molar-refractivity contribution in [3.05, 3.63) is 28.2 Å². The molecule has 0 atom stereocenters. The van der Waals surface area contributed by atoms with Crippen LogP contribution in [0.2, 0.25) is 10.0 Å². The van der Waals surface area contributed by atoms with Crippen LogP contribution in [0.4, 0.5) is 0 Å². The monoisotopic (exact) mass is 369 g/mol. The van der Waals surface area contributed by atoms with Gasteiger partial charge in [-0.3, -0.25) is 9.59 Å². The quantitative estimate of drug-likeness (QED) is 0.863. The molecule has 128 valence electrons. The second-order valence-corrected chi connectivity index (χ2v) is 6.26. The molecule has 0 aromatic heterocycles. The highest BCUT2D eigenvalue weighted by Gasteiger charge is 2.24. The van der Waals surface area contributed by atoms with E-state index < -0.39 is 0 Å². The summed E-state index contributed by atoms with van der Waals surface area (Å²) in [6.45, 7) is 0.967. The largest absolute Gasteiger partial charge is 0.482 e. The Morgan fingerprint density at radius 2 is 2.04 bits per heavy atom. The Bertz CT molecular complexity index is 652. The zero-order chi connectivity index (χ0) is 17.5. The highest BCUT2D eigenvalue weighted by Crippen LogP contribution is 2.27. The lowest BCUT2D eigenvalue weighted by Crippen LogP contribution is -2.47. The van der Waals surface area contributed by atoms with E-state index in [-0.39, 0.29) is 30.9 Å². The van der Waals surface area contributed by atoms with E-state index in [0.29, 0.717) is 41.7 Å². The standard InChI is InChI=1S/C16H17Cl2N3O3/c17-11-1-2-14(13(18)9-11)24-10-16(23)21-7-4-12(5-8-21)20-15(22)3-6-19/h1-2,9,12H,3-5,7-8,10H2,(H,20,22). The van der Waals surface area contributed by atoms with E-state index in [2.05, 4.69) is 5.32 Å². The van der Waals surface area contributed by atoms with Gasteiger partial charge in [0, 0.05) is 24.2 Å². The van der Waals surface area contributed by atoms with Crippen molar-refractivity contribution in [1.29, 1.82) is 5.26 Å². The fraction of sp³-hybridized carbons (Fsp3) is 0.438. The van der Waals surface area contributed by atoms with Gasteiger partial charge in [-0.05, 0) is 31.0 Å². The van der Waals surface area contributed by atoms with E-state index in [1.807, 2.05) is 6.07 Å². The van der Waals surface area contributed by atoms with Crippen LogP contribution in [0.15, 0.2) is 18.2 Å². The normalized spacial score (nSPS) is 14.8. The van der Waals surface area contributed by atoms with Crippen molar-refractivity contribution >= 4 is 35.0 Å². The van der Waals surface area contributed by atoms with Crippen LogP contribution in [0.3, 0.4) is 0 Å². The topological polar surface area (TPSA) is 82.4 Å². The van der Waals surface area contributed by atoms with Gasteiger partial charge in [-0.1, -0.05) is 23.2 Å². The molecular weight excluding hydrogens is 353 g/mol. The van der Waals surface area contributed by atoms with Crippen LogP contribution in [0.5, 0.6) is 5.75 Å². The molecule has 1 aromatic carbocycles. The Kier molecular flexibility index (Phi) is 6.71. The van der Waals surface area contributed by atoms with Gasteiger partial charge in [0.2, 0.25) is 5.91 Å². The summed E-state index contributed by atoms with van der Waals surface area (Å²) in [7, 11) is 0. The first kappa shape index (κ1) is 18.4. The van der Waals surface area contributed by atoms with Crippen molar-refractivity contribution in [3.63, 3.8) is 0 Å². The fourth-order valence-electron chi connectivity index (χ4n) is 2.45. The van der Waals surface area contributed by atoms with Crippen molar-refractivity contribution in [2.24, 2.45) is 0 Å². The lowest BCUT2D eigenvalue weighted by molar-refractivity contribution is -0.134. The molecule has 1 aromatic rings. The summed E-state index contributed by atoms with van der Waals surface area (Å²) in [5, 5.41) is 12.1. The van der Waals surface area contributed by atoms with Crippen LogP contribution in [-0.2, 0) is 9.59 Å². The van der Waals surface area contributed by atoms with E-state index in [0.717, 1.165) is 0 Å². The Labute approximate surface area is 150 Å². The van der Waals surface area contributed by atoms with Gasteiger partial charge >= 0.3 is 0 Å². The molecule has 0 spiro atoms. The van der Waals surface area contributed by atoms with Gasteiger partial charge in [-0.2, -0.15) is 5.26 Å². The number of amides is 2. The van der Waals surface area contributed by atoms with Crippen LogP contribution in [0, 0.1) is 11.3 Å². The first-order valence-electron chi connectivity index (χ1n) is 7.51. The number of rotatable bonds is 5. The van der Waals surface area contributed by atoms with Gasteiger partial charge in [-0.25, -0.2) is 0 Å². The maximum absolute atomic E-state index is 12.2. The smallest absolute Gasteiger partial charge is 0.260 e. The van der Waals surface area contributed by atoms with Crippen molar-refractivity contribution in [2.45, 2.75) is 25.3 Å². The summed E-state index contributed by atoms with van der Waals surface area (Å²) in [6, 6.07) is 6.63. The molecule has 24 heavy (non-hydrogen) atoms. The van der Waals surface area contributed by atoms with E-state index in [1.54, 1.807) is 23.1 Å². The Morgan fingerprint density at radius 3 is 2.67 bits per heavy atom. The van der Waals surface area contributed by atoms with Gasteiger partial charge in [-0.15, -0.1) is 0 Å². The second-order valence-electron chi connectivity index (χ2n) is 5.42. The average Bonchev–Trinajstić information content (AvgIpc) is 2.54. The number of benzene rings is 1. The van der Waals surface area contributed by atoms with Crippen LogP contribution in [0.1, 0.15) is 19.3 Å². The lowest BCUT2D eigenvalue weighted by Gasteiger charge is -2.32. The number of halogens is 2. The molecule has 1 saturated heterocycles. The first-order chi connectivity index (χ1) is 11.5. The van der Waals surface area contributed by atoms with Crippen molar-refractivity contribution in [2.75, 3.05) is 19.7 Å². The molecule has 0 bridgehead atoms. The number of nitrogens with zero attached hydrogens (tertiary/aromatic N) is 2. The molecule has 2 amide bonds. The van der Waals surface area contributed by atoms with Gasteiger partial charge in [0.25, 0.3) is 5.91 Å². The van der Waals surface area contributed by atoms with Crippen LogP contribution >= 0.6 is 23.2 Å². The minimum atomic E-state index is -0.275. The van der Waals surface area contributed by atoms with E-state index in [1.165, 1.54) is 0 Å². The highest BCUT2D eigenvalue weighted by molar-refractivity contribution is 6.35. The Morgan fingerprint density at radius 1 is 1.33 bits per heavy atom. The molecule has 1 aliphatic heterocycles. The summed E-state index contributed by atoms with van der Waals surface area (Å²) in [5.74, 6) is -0.00104. The Hall–Kier alpha value is -1.97. The van der Waals surface area contributed by atoms with Crippen LogP contribution in [0.25, 0.3) is 0 Å². The predicted molar refractivity (Wildman–Crippen MR) is 89.9 cm³/mol. The number of hydrogen-bond acceptors (Lipinski definition) is 4. The molecule has 1 aliphatic rings. The summed E-state index contributed by atoms with van der Waals surface area (Å²) in [5.41, 5.74) is 0. The van der Waals surface area contributed by atoms with Crippen molar-refractivity contribution in [1.82, 2.24) is 10.2 Å². The van der Waals surface area contributed by atoms with Gasteiger partial charge in [0.1, 0.15) is 12.2 Å². The van der Waals surface area contributed by atoms with E-state index in [4.69, 9.17) is 33.2 Å². The number of hydrogen-bond donors (Lipinski definition) is 1. The third-order valence-electron chi connectivity index (χ3n) is 3.70. The number of nitriles is 1. The maximum atomic E-state index is 12.2. The molecular formula is C16H17Cl2N3O3. The molecule has 8 heteroatoms. The molecule has 0 radical (unpaired) electrons. The SMILES string of the molecule is N#CCC(=O)NC1CCN(C(=O)COc2ccc(Cl)cc2Cl)CC1. The molecule has 1 N–H and O–H groups in total.